The molecule has 2 nitrogen and oxygen atoms in total. The number of benzene rings is 1. The fourth-order valence-electron chi connectivity index (χ4n) is 2.55. The van der Waals surface area contributed by atoms with Crippen LogP contribution in [0, 0.1) is 17.8 Å². The molecule has 0 fully saturated rings. The molecule has 1 unspecified atom stereocenters. The fourth-order valence-corrected chi connectivity index (χ4v) is 2.68. The van der Waals surface area contributed by atoms with Crippen LogP contribution in [-0.2, 0) is 0 Å². The van der Waals surface area contributed by atoms with E-state index < -0.39 is 0 Å². The van der Waals surface area contributed by atoms with E-state index >= 15 is 0 Å². The number of halogens is 1. The van der Waals surface area contributed by atoms with Crippen molar-refractivity contribution in [2.75, 3.05) is 13.1 Å². The van der Waals surface area contributed by atoms with Crippen LogP contribution in [0.4, 0.5) is 0 Å². The molecule has 3 N–H and O–H groups in total. The molecule has 0 aliphatic rings. The van der Waals surface area contributed by atoms with Gasteiger partial charge in [0.2, 0.25) is 0 Å². The van der Waals surface area contributed by atoms with E-state index in [0.29, 0.717) is 24.3 Å². The Labute approximate surface area is 122 Å². The summed E-state index contributed by atoms with van der Waals surface area (Å²) in [6, 6.07) is 8.14. The Morgan fingerprint density at radius 2 is 1.58 bits per heavy atom. The molecule has 1 aromatic rings. The number of hydrogen-bond acceptors (Lipinski definition) is 2. The molecule has 0 aromatic heterocycles. The molecule has 1 aromatic carbocycles. The molecule has 3 heteroatoms. The van der Waals surface area contributed by atoms with Gasteiger partial charge in [-0.2, -0.15) is 0 Å². The van der Waals surface area contributed by atoms with E-state index in [4.69, 9.17) is 17.3 Å². The van der Waals surface area contributed by atoms with Crippen LogP contribution in [0.25, 0.3) is 0 Å². The van der Waals surface area contributed by atoms with Gasteiger partial charge in [-0.15, -0.1) is 0 Å². The van der Waals surface area contributed by atoms with Gasteiger partial charge in [-0.05, 0) is 42.0 Å². The summed E-state index contributed by atoms with van der Waals surface area (Å²) < 4.78 is 0. The summed E-state index contributed by atoms with van der Waals surface area (Å²) in [5, 5.41) is 4.37. The molecule has 0 bridgehead atoms. The maximum absolute atomic E-state index is 5.92. The summed E-state index contributed by atoms with van der Waals surface area (Å²) in [7, 11) is 0. The first kappa shape index (κ1) is 16.5. The zero-order valence-electron chi connectivity index (χ0n) is 12.5. The first-order chi connectivity index (χ1) is 8.95. The summed E-state index contributed by atoms with van der Waals surface area (Å²) in [6.45, 7) is 10.7. The van der Waals surface area contributed by atoms with Crippen molar-refractivity contribution in [1.29, 1.82) is 0 Å². The molecule has 0 saturated carbocycles. The molecule has 0 heterocycles. The second-order valence-corrected chi connectivity index (χ2v) is 6.34. The normalized spacial score (nSPS) is 13.5. The molecule has 0 aliphatic heterocycles. The molecule has 0 aliphatic carbocycles. The lowest BCUT2D eigenvalue weighted by molar-refractivity contribution is 0.266. The Bertz CT molecular complexity index is 352. The van der Waals surface area contributed by atoms with Crippen molar-refractivity contribution >= 4 is 11.6 Å². The third-order valence-corrected chi connectivity index (χ3v) is 4.07. The van der Waals surface area contributed by atoms with Crippen LogP contribution in [-0.4, -0.2) is 13.1 Å². The van der Waals surface area contributed by atoms with E-state index in [9.17, 15) is 0 Å². The van der Waals surface area contributed by atoms with Crippen LogP contribution in [0.1, 0.15) is 39.3 Å². The van der Waals surface area contributed by atoms with Crippen LogP contribution in [0.5, 0.6) is 0 Å². The SMILES string of the molecule is CC(C)C(CNC(CN)c1ccc(Cl)cc1)C(C)C. The summed E-state index contributed by atoms with van der Waals surface area (Å²) >= 11 is 5.92. The highest BCUT2D eigenvalue weighted by atomic mass is 35.5. The number of rotatable bonds is 7. The van der Waals surface area contributed by atoms with Crippen LogP contribution in [0.2, 0.25) is 5.02 Å². The number of nitrogens with two attached hydrogens (primary N) is 1. The second kappa shape index (κ2) is 7.88. The molecule has 1 rings (SSSR count). The number of hydrogen-bond donors (Lipinski definition) is 2. The molecular weight excluding hydrogens is 256 g/mol. The Balaban J connectivity index is 2.64. The Morgan fingerprint density at radius 1 is 1.05 bits per heavy atom. The van der Waals surface area contributed by atoms with Gasteiger partial charge in [-0.3, -0.25) is 0 Å². The zero-order chi connectivity index (χ0) is 14.4. The van der Waals surface area contributed by atoms with Crippen LogP contribution in [0.15, 0.2) is 24.3 Å². The minimum absolute atomic E-state index is 0.206. The van der Waals surface area contributed by atoms with E-state index in [1.54, 1.807) is 0 Å². The van der Waals surface area contributed by atoms with Gasteiger partial charge in [0.15, 0.2) is 0 Å². The molecule has 19 heavy (non-hydrogen) atoms. The lowest BCUT2D eigenvalue weighted by Gasteiger charge is -2.28. The standard InChI is InChI=1S/C16H27ClN2/c1-11(2)15(12(3)4)10-19-16(9-18)13-5-7-14(17)8-6-13/h5-8,11-12,15-16,19H,9-10,18H2,1-4H3. The quantitative estimate of drug-likeness (QED) is 0.797. The van der Waals surface area contributed by atoms with Crippen LogP contribution in [0.3, 0.4) is 0 Å². The van der Waals surface area contributed by atoms with E-state index in [0.717, 1.165) is 11.6 Å². The van der Waals surface area contributed by atoms with Crippen molar-refractivity contribution in [1.82, 2.24) is 5.32 Å². The van der Waals surface area contributed by atoms with Crippen LogP contribution < -0.4 is 11.1 Å². The highest BCUT2D eigenvalue weighted by Gasteiger charge is 2.19. The molecule has 0 radical (unpaired) electrons. The molecule has 1 atom stereocenters. The van der Waals surface area contributed by atoms with Crippen molar-refractivity contribution in [3.05, 3.63) is 34.9 Å². The van der Waals surface area contributed by atoms with Crippen molar-refractivity contribution in [2.45, 2.75) is 33.7 Å². The molecule has 108 valence electrons. The Kier molecular flexibility index (Phi) is 6.84. The van der Waals surface area contributed by atoms with Gasteiger partial charge < -0.3 is 11.1 Å². The summed E-state index contributed by atoms with van der Waals surface area (Å²) in [5.41, 5.74) is 7.09. The smallest absolute Gasteiger partial charge is 0.0444 e. The monoisotopic (exact) mass is 282 g/mol. The van der Waals surface area contributed by atoms with Gasteiger partial charge >= 0.3 is 0 Å². The first-order valence-electron chi connectivity index (χ1n) is 7.14. The lowest BCUT2D eigenvalue weighted by Crippen LogP contribution is -2.35. The van der Waals surface area contributed by atoms with E-state index in [-0.39, 0.29) is 6.04 Å². The highest BCUT2D eigenvalue weighted by molar-refractivity contribution is 6.30. The fraction of sp³-hybridized carbons (Fsp3) is 0.625. The van der Waals surface area contributed by atoms with Crippen molar-refractivity contribution in [2.24, 2.45) is 23.5 Å². The van der Waals surface area contributed by atoms with Gasteiger partial charge in [0.1, 0.15) is 0 Å². The van der Waals surface area contributed by atoms with Crippen molar-refractivity contribution < 1.29 is 0 Å². The maximum Gasteiger partial charge on any atom is 0.0444 e. The maximum atomic E-state index is 5.92. The third kappa shape index (κ3) is 5.13. The molecule has 0 spiro atoms. The number of nitrogens with one attached hydrogen (secondary N) is 1. The molecular formula is C16H27ClN2. The Hall–Kier alpha value is -0.570. The third-order valence-electron chi connectivity index (χ3n) is 3.82. The average molecular weight is 283 g/mol. The van der Waals surface area contributed by atoms with Gasteiger partial charge in [0, 0.05) is 17.6 Å². The van der Waals surface area contributed by atoms with Gasteiger partial charge in [-0.25, -0.2) is 0 Å². The summed E-state index contributed by atoms with van der Waals surface area (Å²) in [5.74, 6) is 2.02. The molecule has 0 amide bonds. The van der Waals surface area contributed by atoms with E-state index in [1.165, 1.54) is 5.56 Å². The minimum Gasteiger partial charge on any atom is -0.329 e. The van der Waals surface area contributed by atoms with Gasteiger partial charge in [0.05, 0.1) is 0 Å². The minimum atomic E-state index is 0.206. The summed E-state index contributed by atoms with van der Waals surface area (Å²) in [6.07, 6.45) is 0. The highest BCUT2D eigenvalue weighted by Crippen LogP contribution is 2.21. The predicted molar refractivity (Wildman–Crippen MR) is 84.4 cm³/mol. The van der Waals surface area contributed by atoms with Crippen LogP contribution >= 0.6 is 11.6 Å². The zero-order valence-corrected chi connectivity index (χ0v) is 13.2. The van der Waals surface area contributed by atoms with Crippen molar-refractivity contribution in [3.63, 3.8) is 0 Å². The van der Waals surface area contributed by atoms with E-state index in [2.05, 4.69) is 33.0 Å². The summed E-state index contributed by atoms with van der Waals surface area (Å²) in [4.78, 5) is 0. The lowest BCUT2D eigenvalue weighted by atomic mass is 9.85. The topological polar surface area (TPSA) is 38.0 Å². The van der Waals surface area contributed by atoms with Gasteiger partial charge in [-0.1, -0.05) is 51.4 Å². The second-order valence-electron chi connectivity index (χ2n) is 5.90. The van der Waals surface area contributed by atoms with Gasteiger partial charge in [0.25, 0.3) is 0 Å². The molecule has 0 saturated heterocycles. The largest absolute Gasteiger partial charge is 0.329 e. The van der Waals surface area contributed by atoms with Crippen molar-refractivity contribution in [3.8, 4) is 0 Å². The van der Waals surface area contributed by atoms with E-state index in [1.807, 2.05) is 24.3 Å². The Morgan fingerprint density at radius 3 is 2.00 bits per heavy atom. The first-order valence-corrected chi connectivity index (χ1v) is 7.52. The predicted octanol–water partition coefficient (Wildman–Crippen LogP) is 3.86. The average Bonchev–Trinajstić information content (AvgIpc) is 2.35.